The highest BCUT2D eigenvalue weighted by atomic mass is 16.3. The molecule has 2 N–H and O–H groups in total. The van der Waals surface area contributed by atoms with Crippen LogP contribution in [0.15, 0.2) is 12.1 Å². The Hall–Kier alpha value is -1.02. The second-order valence-corrected chi connectivity index (χ2v) is 5.81. The summed E-state index contributed by atoms with van der Waals surface area (Å²) in [7, 11) is 0. The van der Waals surface area contributed by atoms with Crippen molar-refractivity contribution in [2.75, 3.05) is 0 Å². The van der Waals surface area contributed by atoms with Gasteiger partial charge in [0.2, 0.25) is 0 Å². The second kappa shape index (κ2) is 4.02. The number of phenolic OH excluding ortho intramolecular Hbond substituents is 1. The number of hydrogen-bond donors (Lipinski definition) is 2. The number of rotatable bonds is 3. The van der Waals surface area contributed by atoms with E-state index in [0.29, 0.717) is 11.7 Å². The number of aromatic hydroxyl groups is 1. The van der Waals surface area contributed by atoms with Crippen LogP contribution in [0.2, 0.25) is 0 Å². The highest BCUT2D eigenvalue weighted by molar-refractivity contribution is 5.52. The Labute approximate surface area is 103 Å². The van der Waals surface area contributed by atoms with Crippen LogP contribution in [0.4, 0.5) is 0 Å². The van der Waals surface area contributed by atoms with Crippen LogP contribution in [0.5, 0.6) is 5.75 Å². The van der Waals surface area contributed by atoms with Crippen LogP contribution in [0.3, 0.4) is 0 Å². The molecule has 1 aromatic rings. The van der Waals surface area contributed by atoms with Gasteiger partial charge in [-0.2, -0.15) is 0 Å². The number of benzene rings is 1. The number of phenols is 1. The monoisotopic (exact) mass is 234 g/mol. The molecule has 0 radical (unpaired) electrons. The molecule has 1 fully saturated rings. The van der Waals surface area contributed by atoms with Crippen molar-refractivity contribution in [3.8, 4) is 5.75 Å². The average molecular weight is 234 g/mol. The van der Waals surface area contributed by atoms with Gasteiger partial charge in [-0.3, -0.25) is 0 Å². The Kier molecular flexibility index (Phi) is 2.94. The summed E-state index contributed by atoms with van der Waals surface area (Å²) in [6.07, 6.45) is 1.53. The van der Waals surface area contributed by atoms with E-state index in [-0.39, 0.29) is 5.92 Å². The highest BCUT2D eigenvalue weighted by Crippen LogP contribution is 2.52. The van der Waals surface area contributed by atoms with Gasteiger partial charge >= 0.3 is 0 Å². The van der Waals surface area contributed by atoms with Gasteiger partial charge < -0.3 is 10.2 Å². The van der Waals surface area contributed by atoms with Gasteiger partial charge in [-0.05, 0) is 35.8 Å². The van der Waals surface area contributed by atoms with E-state index in [2.05, 4.69) is 33.8 Å². The molecule has 1 aliphatic rings. The van der Waals surface area contributed by atoms with Crippen molar-refractivity contribution in [2.24, 2.45) is 0 Å². The van der Waals surface area contributed by atoms with Gasteiger partial charge in [-0.1, -0.05) is 39.8 Å². The topological polar surface area (TPSA) is 40.5 Å². The second-order valence-electron chi connectivity index (χ2n) is 5.81. The normalized spacial score (nSPS) is 17.8. The van der Waals surface area contributed by atoms with Crippen LogP contribution in [-0.2, 0) is 5.60 Å². The molecule has 2 nitrogen and oxygen atoms in total. The Morgan fingerprint density at radius 2 is 1.47 bits per heavy atom. The molecule has 0 bridgehead atoms. The molecule has 0 aromatic heterocycles. The fourth-order valence-corrected chi connectivity index (χ4v) is 2.43. The van der Waals surface area contributed by atoms with E-state index >= 15 is 0 Å². The summed E-state index contributed by atoms with van der Waals surface area (Å²) < 4.78 is 0. The lowest BCUT2D eigenvalue weighted by Crippen LogP contribution is -2.11. The van der Waals surface area contributed by atoms with Gasteiger partial charge in [0.1, 0.15) is 5.75 Å². The molecule has 0 heterocycles. The van der Waals surface area contributed by atoms with Gasteiger partial charge in [-0.25, -0.2) is 0 Å². The van der Waals surface area contributed by atoms with E-state index in [1.807, 2.05) is 6.07 Å². The number of hydrogen-bond acceptors (Lipinski definition) is 2. The smallest absolute Gasteiger partial charge is 0.125 e. The quantitative estimate of drug-likeness (QED) is 0.838. The van der Waals surface area contributed by atoms with Crippen molar-refractivity contribution in [3.05, 3.63) is 28.8 Å². The third-order valence-corrected chi connectivity index (χ3v) is 3.67. The van der Waals surface area contributed by atoms with E-state index in [4.69, 9.17) is 0 Å². The maximum Gasteiger partial charge on any atom is 0.125 e. The molecule has 1 saturated carbocycles. The molecular formula is C15H22O2. The van der Waals surface area contributed by atoms with Gasteiger partial charge in [0.25, 0.3) is 0 Å². The van der Waals surface area contributed by atoms with Crippen LogP contribution in [0.25, 0.3) is 0 Å². The summed E-state index contributed by atoms with van der Waals surface area (Å²) in [5.41, 5.74) is 2.02. The van der Waals surface area contributed by atoms with Crippen LogP contribution < -0.4 is 0 Å². The van der Waals surface area contributed by atoms with E-state index in [1.54, 1.807) is 0 Å². The van der Waals surface area contributed by atoms with Crippen LogP contribution in [0, 0.1) is 0 Å². The predicted octanol–water partition coefficient (Wildman–Crippen LogP) is 3.62. The van der Waals surface area contributed by atoms with Crippen LogP contribution in [-0.4, -0.2) is 10.2 Å². The van der Waals surface area contributed by atoms with Gasteiger partial charge in [0.05, 0.1) is 5.60 Å². The van der Waals surface area contributed by atoms with E-state index in [0.717, 1.165) is 29.5 Å². The van der Waals surface area contributed by atoms with Gasteiger partial charge in [0, 0.05) is 5.56 Å². The van der Waals surface area contributed by atoms with Crippen molar-refractivity contribution in [1.29, 1.82) is 0 Å². The first-order chi connectivity index (χ1) is 7.87. The molecule has 0 atom stereocenters. The maximum atomic E-state index is 10.4. The minimum Gasteiger partial charge on any atom is -0.507 e. The van der Waals surface area contributed by atoms with Crippen LogP contribution in [0.1, 0.15) is 69.1 Å². The summed E-state index contributed by atoms with van der Waals surface area (Å²) in [5.74, 6) is 0.908. The zero-order valence-electron chi connectivity index (χ0n) is 11.1. The van der Waals surface area contributed by atoms with Gasteiger partial charge in [0.15, 0.2) is 0 Å². The van der Waals surface area contributed by atoms with Crippen molar-refractivity contribution < 1.29 is 10.2 Å². The number of aliphatic hydroxyl groups is 1. The van der Waals surface area contributed by atoms with Gasteiger partial charge in [-0.15, -0.1) is 0 Å². The lowest BCUT2D eigenvalue weighted by Gasteiger charge is -2.22. The summed E-state index contributed by atoms with van der Waals surface area (Å²) >= 11 is 0. The van der Waals surface area contributed by atoms with E-state index in [9.17, 15) is 10.2 Å². The maximum absolute atomic E-state index is 10.4. The molecule has 0 saturated heterocycles. The lowest BCUT2D eigenvalue weighted by atomic mass is 9.87. The Morgan fingerprint density at radius 1 is 1.00 bits per heavy atom. The Morgan fingerprint density at radius 3 is 1.88 bits per heavy atom. The minimum absolute atomic E-state index is 0.275. The third-order valence-electron chi connectivity index (χ3n) is 3.67. The summed E-state index contributed by atoms with van der Waals surface area (Å²) in [5, 5.41) is 20.8. The zero-order chi connectivity index (χ0) is 12.8. The highest BCUT2D eigenvalue weighted by Gasteiger charge is 2.46. The fourth-order valence-electron chi connectivity index (χ4n) is 2.43. The molecule has 0 spiro atoms. The molecule has 2 heteroatoms. The molecule has 0 amide bonds. The zero-order valence-corrected chi connectivity index (χ0v) is 11.1. The molecule has 94 valence electrons. The van der Waals surface area contributed by atoms with Crippen molar-refractivity contribution in [2.45, 2.75) is 58.0 Å². The standard InChI is InChI=1S/C15H22O2/c1-9(2)11-5-6-12(10(3)4)14(16)13(11)15(17)7-8-15/h5-6,9-10,16-17H,7-8H2,1-4H3. The predicted molar refractivity (Wildman–Crippen MR) is 69.4 cm³/mol. The van der Waals surface area contributed by atoms with Crippen molar-refractivity contribution in [1.82, 2.24) is 0 Å². The molecule has 1 aliphatic carbocycles. The molecule has 1 aromatic carbocycles. The fraction of sp³-hybridized carbons (Fsp3) is 0.600. The molecular weight excluding hydrogens is 212 g/mol. The average Bonchev–Trinajstić information content (AvgIpc) is 2.95. The summed E-state index contributed by atoms with van der Waals surface area (Å²) in [6, 6.07) is 4.05. The molecule has 2 rings (SSSR count). The molecule has 17 heavy (non-hydrogen) atoms. The summed E-state index contributed by atoms with van der Waals surface area (Å²) in [4.78, 5) is 0. The van der Waals surface area contributed by atoms with E-state index < -0.39 is 5.60 Å². The van der Waals surface area contributed by atoms with Crippen molar-refractivity contribution >= 4 is 0 Å². The SMILES string of the molecule is CC(C)c1ccc(C(C)C)c(C2(O)CC2)c1O. The first-order valence-corrected chi connectivity index (χ1v) is 6.45. The van der Waals surface area contributed by atoms with E-state index in [1.165, 1.54) is 0 Å². The lowest BCUT2D eigenvalue weighted by molar-refractivity contribution is 0.146. The molecule has 0 unspecified atom stereocenters. The minimum atomic E-state index is -0.769. The van der Waals surface area contributed by atoms with Crippen LogP contribution >= 0.6 is 0 Å². The largest absolute Gasteiger partial charge is 0.507 e. The molecule has 0 aliphatic heterocycles. The Bertz CT molecular complexity index is 429. The summed E-state index contributed by atoms with van der Waals surface area (Å²) in [6.45, 7) is 8.31. The van der Waals surface area contributed by atoms with Crippen molar-refractivity contribution in [3.63, 3.8) is 0 Å². The Balaban J connectivity index is 2.61. The first kappa shape index (κ1) is 12.4. The third kappa shape index (κ3) is 2.06. The first-order valence-electron chi connectivity index (χ1n) is 6.45.